The molecule has 0 bridgehead atoms. The van der Waals surface area contributed by atoms with E-state index in [9.17, 15) is 63.0 Å². The summed E-state index contributed by atoms with van der Waals surface area (Å²) in [6.07, 6.45) is -0.137. The van der Waals surface area contributed by atoms with Gasteiger partial charge in [-0.25, -0.2) is 4.79 Å². The van der Waals surface area contributed by atoms with E-state index >= 15 is 0 Å². The average molecular weight is 1020 g/mol. The average Bonchev–Trinajstić information content (AvgIpc) is 3.24. The molecule has 1 fully saturated rings. The third-order valence-corrected chi connectivity index (χ3v) is 12.8. The number of hydrogen-bond donors (Lipinski definition) is 14. The predicted molar refractivity (Wildman–Crippen MR) is 255 cm³/mol. The quantitative estimate of drug-likeness (QED) is 0.0300. The lowest BCUT2D eigenvalue weighted by Gasteiger charge is -2.28. The molecule has 8 atom stereocenters. The van der Waals surface area contributed by atoms with E-state index in [0.717, 1.165) is 21.6 Å². The molecule has 18 N–H and O–H groups in total. The molecule has 0 aromatic carbocycles. The predicted octanol–water partition coefficient (Wildman–Crippen LogP) is -4.45. The first-order chi connectivity index (χ1) is 31.9. The van der Waals surface area contributed by atoms with E-state index in [-0.39, 0.29) is 61.4 Å². The lowest BCUT2D eigenvalue weighted by atomic mass is 9.99. The fourth-order valence-electron chi connectivity index (χ4n) is 6.10. The molecule has 0 aliphatic carbocycles. The number of thioether (sulfide) groups is 1. The highest BCUT2D eigenvalue weighted by molar-refractivity contribution is 8.76. The summed E-state index contributed by atoms with van der Waals surface area (Å²) in [7, 11) is 1.89. The van der Waals surface area contributed by atoms with Crippen LogP contribution in [0.2, 0.25) is 0 Å². The lowest BCUT2D eigenvalue weighted by molar-refractivity contribution is -0.142. The van der Waals surface area contributed by atoms with Crippen molar-refractivity contribution < 1.29 is 63.0 Å². The van der Waals surface area contributed by atoms with Crippen molar-refractivity contribution in [2.24, 2.45) is 39.8 Å². The van der Waals surface area contributed by atoms with Crippen molar-refractivity contribution in [1.29, 1.82) is 0 Å². The summed E-state index contributed by atoms with van der Waals surface area (Å²) in [6.45, 7) is 5.95. The molecule has 1 saturated heterocycles. The number of carbonyl (C=O) groups is 11. The number of primary amides is 1. The van der Waals surface area contributed by atoms with Gasteiger partial charge in [-0.1, -0.05) is 49.3 Å². The standard InChI is InChI=1S/C39H67N13O13S3/c1-18(2)13-24-36(62)49-25(14-27(41)53)32(58)45-15-28(54)46-21(7-6-11-44-39(42)43)33(59)48-23(10-12-66-5)35(61)47-22(8-9-29(55)56)34(60)51-26(38(64)65)17-68-67-16-20(40)31(57)52-30(19(3)4)37(63)50-24/h18-26,30H,6-17,40H2,1-5H3,(H2,41,53)(H,45,58)(H,46,54)(H,47,61)(H,48,59)(H,49,62)(H,50,63)(H,51,60)(H,52,57)(H,55,56)(H,64,65)(H4,42,43,44)/t20-,21-,22-,23-,24-,25-,26-,30-/m0/s1. The first-order valence-corrected chi connectivity index (χ1v) is 25.4. The van der Waals surface area contributed by atoms with Crippen molar-refractivity contribution in [2.45, 2.75) is 121 Å². The Morgan fingerprint density at radius 3 is 1.78 bits per heavy atom. The van der Waals surface area contributed by atoms with Crippen LogP contribution in [0.15, 0.2) is 4.99 Å². The summed E-state index contributed by atoms with van der Waals surface area (Å²) < 4.78 is 0. The van der Waals surface area contributed by atoms with Crippen LogP contribution in [0.4, 0.5) is 0 Å². The maximum Gasteiger partial charge on any atom is 0.327 e. The van der Waals surface area contributed by atoms with E-state index in [1.165, 1.54) is 11.8 Å². The van der Waals surface area contributed by atoms with E-state index in [4.69, 9.17) is 22.9 Å². The Morgan fingerprint density at radius 2 is 1.24 bits per heavy atom. The highest BCUT2D eigenvalue weighted by atomic mass is 33.1. The minimum absolute atomic E-state index is 0.0110. The number of guanidine groups is 1. The Balaban J connectivity index is 3.75. The first kappa shape index (κ1) is 60.5. The molecular formula is C39H67N13O13S3. The van der Waals surface area contributed by atoms with Crippen LogP contribution in [0.25, 0.3) is 0 Å². The molecule has 0 aromatic rings. The normalized spacial score (nSPS) is 25.1. The summed E-state index contributed by atoms with van der Waals surface area (Å²) in [6, 6.07) is -11.4. The SMILES string of the molecule is CSCC[C@@H]1NC(=O)[C@H](CCCN=C(N)N)NC(=O)CNC(=O)[C@H](CC(N)=O)NC(=O)[C@H](CC(C)C)NC(=O)[C@H](C(C)C)NC(=O)[C@@H](N)CSSC[C@@H](C(=O)O)NC(=O)[C@H](CCC(=O)O)NC1=O. The second-order valence-corrected chi connectivity index (χ2v) is 19.9. The summed E-state index contributed by atoms with van der Waals surface area (Å²) in [5.74, 6) is -12.3. The largest absolute Gasteiger partial charge is 0.481 e. The smallest absolute Gasteiger partial charge is 0.327 e. The number of carbonyl (C=O) groups excluding carboxylic acids is 9. The van der Waals surface area contributed by atoms with Crippen LogP contribution < -0.4 is 65.5 Å². The van der Waals surface area contributed by atoms with Crippen LogP contribution >= 0.6 is 33.3 Å². The van der Waals surface area contributed by atoms with Gasteiger partial charge in [0.25, 0.3) is 0 Å². The molecule has 0 saturated carbocycles. The van der Waals surface area contributed by atoms with Gasteiger partial charge >= 0.3 is 11.9 Å². The van der Waals surface area contributed by atoms with Gasteiger partial charge in [0.15, 0.2) is 5.96 Å². The highest BCUT2D eigenvalue weighted by Gasteiger charge is 2.35. The van der Waals surface area contributed by atoms with E-state index in [1.807, 2.05) is 0 Å². The zero-order valence-corrected chi connectivity index (χ0v) is 41.1. The minimum atomic E-state index is -1.65. The van der Waals surface area contributed by atoms with Gasteiger partial charge in [0.2, 0.25) is 53.2 Å². The fraction of sp³-hybridized carbons (Fsp3) is 0.692. The van der Waals surface area contributed by atoms with Gasteiger partial charge in [-0.15, -0.1) is 0 Å². The van der Waals surface area contributed by atoms with Crippen LogP contribution in [-0.2, 0) is 52.7 Å². The van der Waals surface area contributed by atoms with Crippen molar-refractivity contribution in [3.8, 4) is 0 Å². The third kappa shape index (κ3) is 23.9. The maximum atomic E-state index is 13.8. The monoisotopic (exact) mass is 1020 g/mol. The minimum Gasteiger partial charge on any atom is -0.481 e. The molecule has 384 valence electrons. The highest BCUT2D eigenvalue weighted by Crippen LogP contribution is 2.23. The maximum absolute atomic E-state index is 13.8. The molecule has 0 unspecified atom stereocenters. The zero-order chi connectivity index (χ0) is 51.7. The summed E-state index contributed by atoms with van der Waals surface area (Å²) >= 11 is 1.30. The molecule has 1 rings (SSSR count). The van der Waals surface area contributed by atoms with E-state index in [0.29, 0.717) is 0 Å². The van der Waals surface area contributed by atoms with Crippen LogP contribution in [0.3, 0.4) is 0 Å². The Labute approximate surface area is 405 Å². The molecule has 29 heteroatoms. The fourth-order valence-corrected chi connectivity index (χ4v) is 8.85. The van der Waals surface area contributed by atoms with E-state index in [2.05, 4.69) is 47.5 Å². The number of carboxylic acid groups (broad SMARTS) is 2. The van der Waals surface area contributed by atoms with Crippen LogP contribution in [0.5, 0.6) is 0 Å². The van der Waals surface area contributed by atoms with Gasteiger partial charge < -0.3 is 75.7 Å². The zero-order valence-electron chi connectivity index (χ0n) is 38.6. The van der Waals surface area contributed by atoms with E-state index in [1.54, 1.807) is 34.0 Å². The van der Waals surface area contributed by atoms with E-state index < -0.39 is 145 Å². The Hall–Kier alpha value is -5.55. The first-order valence-electron chi connectivity index (χ1n) is 21.5. The number of nitrogens with one attached hydrogen (secondary N) is 8. The van der Waals surface area contributed by atoms with Gasteiger partial charge in [0.1, 0.15) is 42.3 Å². The van der Waals surface area contributed by atoms with Gasteiger partial charge in [-0.05, 0) is 55.9 Å². The second kappa shape index (κ2) is 31.5. The third-order valence-electron chi connectivity index (χ3n) is 9.69. The van der Waals surface area contributed by atoms with Crippen LogP contribution in [0, 0.1) is 11.8 Å². The molecular weight excluding hydrogens is 955 g/mol. The number of aliphatic carboxylic acids is 2. The van der Waals surface area contributed by atoms with Crippen molar-refractivity contribution in [1.82, 2.24) is 42.5 Å². The number of nitrogens with two attached hydrogens (primary N) is 4. The molecule has 1 aliphatic heterocycles. The molecule has 9 amide bonds. The molecule has 0 spiro atoms. The number of aliphatic imine (C=N–C) groups is 1. The summed E-state index contributed by atoms with van der Waals surface area (Å²) in [4.78, 5) is 148. The topological polar surface area (TPSA) is 441 Å². The Kier molecular flexibility index (Phi) is 28.0. The molecule has 0 radical (unpaired) electrons. The summed E-state index contributed by atoms with van der Waals surface area (Å²) in [5, 5.41) is 38.9. The molecule has 0 aromatic heterocycles. The Morgan fingerprint density at radius 1 is 0.691 bits per heavy atom. The van der Waals surface area contributed by atoms with Gasteiger partial charge in [0, 0.05) is 24.5 Å². The lowest BCUT2D eigenvalue weighted by Crippen LogP contribution is -2.60. The Bertz CT molecular complexity index is 1820. The van der Waals surface area contributed by atoms with Crippen molar-refractivity contribution in [2.75, 3.05) is 36.6 Å². The molecule has 26 nitrogen and oxygen atoms in total. The molecule has 1 heterocycles. The number of hydrogen-bond acceptors (Lipinski definition) is 16. The van der Waals surface area contributed by atoms with Crippen LogP contribution in [0.1, 0.15) is 72.6 Å². The van der Waals surface area contributed by atoms with Crippen molar-refractivity contribution in [3.63, 3.8) is 0 Å². The van der Waals surface area contributed by atoms with Crippen molar-refractivity contribution >= 4 is 104 Å². The number of nitrogens with zero attached hydrogens (tertiary/aromatic N) is 1. The van der Waals surface area contributed by atoms with Gasteiger partial charge in [-0.3, -0.25) is 52.9 Å². The van der Waals surface area contributed by atoms with Crippen molar-refractivity contribution in [3.05, 3.63) is 0 Å². The summed E-state index contributed by atoms with van der Waals surface area (Å²) in [5.41, 5.74) is 22.4. The number of rotatable bonds is 16. The number of carboxylic acids is 2. The van der Waals surface area contributed by atoms with Gasteiger partial charge in [-0.2, -0.15) is 11.8 Å². The molecule has 1 aliphatic rings. The molecule has 68 heavy (non-hydrogen) atoms. The van der Waals surface area contributed by atoms with Gasteiger partial charge in [0.05, 0.1) is 19.0 Å². The second-order valence-electron chi connectivity index (χ2n) is 16.4. The number of amides is 9. The van der Waals surface area contributed by atoms with Crippen LogP contribution in [-0.4, -0.2) is 166 Å².